The Bertz CT molecular complexity index is 533. The molecule has 0 radical (unpaired) electrons. The van der Waals surface area contributed by atoms with Crippen LogP contribution in [0.15, 0.2) is 17.3 Å². The molecule has 21 heavy (non-hydrogen) atoms. The zero-order valence-corrected chi connectivity index (χ0v) is 13.7. The highest BCUT2D eigenvalue weighted by molar-refractivity contribution is 7.89. The number of H-pyrrole nitrogens is 1. The summed E-state index contributed by atoms with van der Waals surface area (Å²) in [5.41, 5.74) is 5.57. The molecular weight excluding hydrogens is 288 g/mol. The second-order valence-corrected chi connectivity index (χ2v) is 7.75. The summed E-state index contributed by atoms with van der Waals surface area (Å²) in [6.45, 7) is 4.87. The predicted molar refractivity (Wildman–Crippen MR) is 82.2 cm³/mol. The maximum absolute atomic E-state index is 12.8. The molecule has 0 saturated heterocycles. The monoisotopic (exact) mass is 314 g/mol. The van der Waals surface area contributed by atoms with Crippen molar-refractivity contribution in [2.24, 2.45) is 11.7 Å². The number of nitrogens with one attached hydrogen (secondary N) is 1. The van der Waals surface area contributed by atoms with Gasteiger partial charge in [-0.05, 0) is 31.6 Å². The van der Waals surface area contributed by atoms with Crippen molar-refractivity contribution in [2.45, 2.75) is 56.4 Å². The molecule has 1 saturated carbocycles. The van der Waals surface area contributed by atoms with Gasteiger partial charge in [-0.1, -0.05) is 20.3 Å². The largest absolute Gasteiger partial charge is 0.329 e. The lowest BCUT2D eigenvalue weighted by Crippen LogP contribution is -2.57. The Labute approximate surface area is 127 Å². The summed E-state index contributed by atoms with van der Waals surface area (Å²) >= 11 is 0. The number of rotatable bonds is 6. The highest BCUT2D eigenvalue weighted by Gasteiger charge is 2.44. The molecule has 0 aromatic carbocycles. The van der Waals surface area contributed by atoms with Crippen molar-refractivity contribution < 1.29 is 8.42 Å². The van der Waals surface area contributed by atoms with Gasteiger partial charge in [0.1, 0.15) is 4.90 Å². The summed E-state index contributed by atoms with van der Waals surface area (Å²) in [6.07, 6.45) is 7.72. The number of aromatic nitrogens is 2. The molecular formula is C14H26N4O2S. The molecule has 7 heteroatoms. The van der Waals surface area contributed by atoms with Crippen LogP contribution < -0.4 is 5.73 Å². The molecule has 120 valence electrons. The van der Waals surface area contributed by atoms with Crippen LogP contribution in [0.25, 0.3) is 0 Å². The van der Waals surface area contributed by atoms with Gasteiger partial charge >= 0.3 is 0 Å². The first-order chi connectivity index (χ1) is 10.00. The number of likely N-dealkylation sites (N-methyl/N-ethyl adjacent to an activating group) is 1. The lowest BCUT2D eigenvalue weighted by Gasteiger charge is -2.46. The van der Waals surface area contributed by atoms with Crippen LogP contribution in [-0.2, 0) is 10.0 Å². The molecule has 0 amide bonds. The van der Waals surface area contributed by atoms with Crippen LogP contribution in [-0.4, -0.2) is 41.5 Å². The summed E-state index contributed by atoms with van der Waals surface area (Å²) in [5.74, 6) is 0.694. The van der Waals surface area contributed by atoms with E-state index in [4.69, 9.17) is 5.73 Å². The van der Waals surface area contributed by atoms with Crippen LogP contribution in [0.1, 0.15) is 46.0 Å². The normalized spacial score (nSPS) is 27.1. The fourth-order valence-electron chi connectivity index (χ4n) is 3.45. The lowest BCUT2D eigenvalue weighted by atomic mass is 9.75. The minimum atomic E-state index is -3.54. The molecule has 0 aliphatic heterocycles. The minimum Gasteiger partial charge on any atom is -0.329 e. The van der Waals surface area contributed by atoms with Gasteiger partial charge in [-0.2, -0.15) is 9.40 Å². The molecule has 1 fully saturated rings. The molecule has 1 heterocycles. The Balaban J connectivity index is 2.31. The van der Waals surface area contributed by atoms with Crippen molar-refractivity contribution in [1.82, 2.24) is 14.5 Å². The summed E-state index contributed by atoms with van der Waals surface area (Å²) in [7, 11) is -3.54. The van der Waals surface area contributed by atoms with E-state index in [1.807, 2.05) is 6.92 Å². The zero-order chi connectivity index (χ0) is 15.5. The number of hydrogen-bond acceptors (Lipinski definition) is 4. The van der Waals surface area contributed by atoms with Crippen molar-refractivity contribution in [2.75, 3.05) is 13.1 Å². The number of nitrogens with two attached hydrogens (primary N) is 1. The van der Waals surface area contributed by atoms with Gasteiger partial charge in [0.05, 0.1) is 6.20 Å². The second-order valence-electron chi connectivity index (χ2n) is 5.88. The summed E-state index contributed by atoms with van der Waals surface area (Å²) in [6, 6.07) is 0. The standard InChI is InChI=1S/C14H26N4O2S/c1-3-12-5-7-14(11-15,8-6-12)18(4-2)21(19,20)13-9-16-17-10-13/h9-10,12H,3-8,11,15H2,1-2H3,(H,16,17). The molecule has 1 aromatic rings. The van der Waals surface area contributed by atoms with Crippen molar-refractivity contribution in [1.29, 1.82) is 0 Å². The van der Waals surface area contributed by atoms with Gasteiger partial charge in [0.15, 0.2) is 0 Å². The van der Waals surface area contributed by atoms with E-state index in [-0.39, 0.29) is 4.90 Å². The van der Waals surface area contributed by atoms with Crippen molar-refractivity contribution in [3.8, 4) is 0 Å². The first kappa shape index (κ1) is 16.5. The maximum Gasteiger partial charge on any atom is 0.246 e. The Morgan fingerprint density at radius 2 is 2.10 bits per heavy atom. The SMILES string of the molecule is CCC1CCC(CN)(N(CC)S(=O)(=O)c2cn[nH]c2)CC1. The van der Waals surface area contributed by atoms with Crippen LogP contribution in [0, 0.1) is 5.92 Å². The van der Waals surface area contributed by atoms with Gasteiger partial charge in [-0.3, -0.25) is 5.10 Å². The van der Waals surface area contributed by atoms with Crippen LogP contribution in [0.4, 0.5) is 0 Å². The fourth-order valence-corrected chi connectivity index (χ4v) is 5.20. The highest BCUT2D eigenvalue weighted by atomic mass is 32.2. The predicted octanol–water partition coefficient (Wildman–Crippen LogP) is 1.72. The van der Waals surface area contributed by atoms with Crippen molar-refractivity contribution in [3.05, 3.63) is 12.4 Å². The van der Waals surface area contributed by atoms with E-state index in [0.717, 1.165) is 32.1 Å². The van der Waals surface area contributed by atoms with E-state index in [0.29, 0.717) is 19.0 Å². The van der Waals surface area contributed by atoms with Gasteiger partial charge in [0, 0.05) is 24.8 Å². The third kappa shape index (κ3) is 3.00. The Morgan fingerprint density at radius 3 is 2.52 bits per heavy atom. The van der Waals surface area contributed by atoms with Crippen LogP contribution in [0.5, 0.6) is 0 Å². The number of nitrogens with zero attached hydrogens (tertiary/aromatic N) is 2. The third-order valence-corrected chi connectivity index (χ3v) is 6.92. The van der Waals surface area contributed by atoms with Gasteiger partial charge in [0.2, 0.25) is 10.0 Å². The maximum atomic E-state index is 12.8. The summed E-state index contributed by atoms with van der Waals surface area (Å²) in [5, 5.41) is 6.34. The summed E-state index contributed by atoms with van der Waals surface area (Å²) in [4.78, 5) is 0.217. The van der Waals surface area contributed by atoms with E-state index < -0.39 is 15.6 Å². The molecule has 1 aromatic heterocycles. The third-order valence-electron chi connectivity index (χ3n) is 4.87. The van der Waals surface area contributed by atoms with Gasteiger partial charge < -0.3 is 5.73 Å². The average Bonchev–Trinajstić information content (AvgIpc) is 3.03. The molecule has 3 N–H and O–H groups in total. The second kappa shape index (κ2) is 6.46. The van der Waals surface area contributed by atoms with Crippen LogP contribution in [0.3, 0.4) is 0 Å². The number of sulfonamides is 1. The number of aromatic amines is 1. The Kier molecular flexibility index (Phi) is 5.06. The topological polar surface area (TPSA) is 92.1 Å². The van der Waals surface area contributed by atoms with Gasteiger partial charge in [0.25, 0.3) is 0 Å². The zero-order valence-electron chi connectivity index (χ0n) is 12.9. The van der Waals surface area contributed by atoms with E-state index in [9.17, 15) is 8.42 Å². The van der Waals surface area contributed by atoms with Crippen LogP contribution in [0.2, 0.25) is 0 Å². The van der Waals surface area contributed by atoms with Gasteiger partial charge in [-0.25, -0.2) is 8.42 Å². The van der Waals surface area contributed by atoms with E-state index in [2.05, 4.69) is 17.1 Å². The molecule has 1 aliphatic carbocycles. The first-order valence-electron chi connectivity index (χ1n) is 7.72. The van der Waals surface area contributed by atoms with Crippen LogP contribution >= 0.6 is 0 Å². The molecule has 0 unspecified atom stereocenters. The Hall–Kier alpha value is -0.920. The molecule has 2 rings (SSSR count). The molecule has 0 spiro atoms. The van der Waals surface area contributed by atoms with E-state index >= 15 is 0 Å². The Morgan fingerprint density at radius 1 is 1.43 bits per heavy atom. The van der Waals surface area contributed by atoms with Gasteiger partial charge in [-0.15, -0.1) is 0 Å². The molecule has 1 aliphatic rings. The highest BCUT2D eigenvalue weighted by Crippen LogP contribution is 2.39. The fraction of sp³-hybridized carbons (Fsp3) is 0.786. The van der Waals surface area contributed by atoms with E-state index in [1.54, 1.807) is 4.31 Å². The quantitative estimate of drug-likeness (QED) is 0.836. The smallest absolute Gasteiger partial charge is 0.246 e. The van der Waals surface area contributed by atoms with E-state index in [1.165, 1.54) is 12.4 Å². The number of hydrogen-bond donors (Lipinski definition) is 2. The molecule has 0 bridgehead atoms. The molecule has 6 nitrogen and oxygen atoms in total. The molecule has 0 atom stereocenters. The summed E-state index contributed by atoms with van der Waals surface area (Å²) < 4.78 is 27.3. The average molecular weight is 314 g/mol. The lowest BCUT2D eigenvalue weighted by molar-refractivity contribution is 0.114. The van der Waals surface area contributed by atoms with Crippen molar-refractivity contribution >= 4 is 10.0 Å². The minimum absolute atomic E-state index is 0.217. The first-order valence-corrected chi connectivity index (χ1v) is 9.16. The van der Waals surface area contributed by atoms with Crippen molar-refractivity contribution in [3.63, 3.8) is 0 Å².